The second kappa shape index (κ2) is 11.6. The molecule has 3 aromatic carbocycles. The number of nitrogens with zero attached hydrogens (tertiary/aromatic N) is 2. The van der Waals surface area contributed by atoms with Gasteiger partial charge in [0.1, 0.15) is 6.04 Å². The van der Waals surface area contributed by atoms with E-state index in [0.717, 1.165) is 5.56 Å². The summed E-state index contributed by atoms with van der Waals surface area (Å²) in [5.41, 5.74) is 2.72. The number of ether oxygens (including phenoxy) is 1. The third-order valence-corrected chi connectivity index (χ3v) is 6.29. The number of esters is 1. The SMILES string of the molecule is CCOC(=O)c1ccc(NC(=O)CC2C(=O)N(c3ccccc3)C(=S)N2CCc2ccccc2)cc1. The van der Waals surface area contributed by atoms with Crippen LogP contribution in [0.5, 0.6) is 0 Å². The van der Waals surface area contributed by atoms with Crippen molar-refractivity contribution in [1.29, 1.82) is 0 Å². The maximum Gasteiger partial charge on any atom is 0.338 e. The number of para-hydroxylation sites is 1. The van der Waals surface area contributed by atoms with Crippen LogP contribution in [0.2, 0.25) is 0 Å². The van der Waals surface area contributed by atoms with Crippen LogP contribution in [0.1, 0.15) is 29.3 Å². The van der Waals surface area contributed by atoms with E-state index in [1.807, 2.05) is 65.6 Å². The van der Waals surface area contributed by atoms with Gasteiger partial charge in [-0.2, -0.15) is 0 Å². The summed E-state index contributed by atoms with van der Waals surface area (Å²) < 4.78 is 4.99. The van der Waals surface area contributed by atoms with Gasteiger partial charge in [0.15, 0.2) is 5.11 Å². The minimum Gasteiger partial charge on any atom is -0.462 e. The first-order valence-corrected chi connectivity index (χ1v) is 12.2. The fourth-order valence-corrected chi connectivity index (χ4v) is 4.50. The molecule has 1 atom stereocenters. The van der Waals surface area contributed by atoms with Gasteiger partial charge in [-0.3, -0.25) is 14.5 Å². The molecule has 1 aliphatic heterocycles. The maximum atomic E-state index is 13.5. The molecule has 0 bridgehead atoms. The Balaban J connectivity index is 1.49. The second-order valence-electron chi connectivity index (χ2n) is 8.29. The Bertz CT molecular complexity index is 1230. The zero-order valence-electron chi connectivity index (χ0n) is 19.9. The Kier molecular flexibility index (Phi) is 8.07. The predicted molar refractivity (Wildman–Crippen MR) is 143 cm³/mol. The largest absolute Gasteiger partial charge is 0.462 e. The number of hydrogen-bond donors (Lipinski definition) is 1. The first kappa shape index (κ1) is 25.1. The van der Waals surface area contributed by atoms with Gasteiger partial charge in [0, 0.05) is 12.2 Å². The summed E-state index contributed by atoms with van der Waals surface area (Å²) in [7, 11) is 0. The second-order valence-corrected chi connectivity index (χ2v) is 8.65. The first-order chi connectivity index (χ1) is 17.5. The van der Waals surface area contributed by atoms with Gasteiger partial charge in [0.25, 0.3) is 5.91 Å². The number of thiocarbonyl (C=S) groups is 1. The van der Waals surface area contributed by atoms with Crippen LogP contribution in [-0.2, 0) is 20.7 Å². The fourth-order valence-electron chi connectivity index (χ4n) is 4.09. The standard InChI is InChI=1S/C28H27N3O4S/c1-2-35-27(34)21-13-15-22(16-14-21)29-25(32)19-24-26(33)31(23-11-7-4-8-12-23)28(36)30(24)18-17-20-9-5-3-6-10-20/h3-16,24H,2,17-19H2,1H3,(H,29,32). The van der Waals surface area contributed by atoms with Crippen LogP contribution in [0.25, 0.3) is 0 Å². The number of benzene rings is 3. The molecular formula is C28H27N3O4S. The fraction of sp³-hybridized carbons (Fsp3) is 0.214. The highest BCUT2D eigenvalue weighted by Crippen LogP contribution is 2.27. The Hall–Kier alpha value is -4.04. The zero-order valence-corrected chi connectivity index (χ0v) is 20.7. The summed E-state index contributed by atoms with van der Waals surface area (Å²) in [4.78, 5) is 41.6. The molecule has 36 heavy (non-hydrogen) atoms. The van der Waals surface area contributed by atoms with Gasteiger partial charge in [-0.1, -0.05) is 48.5 Å². The highest BCUT2D eigenvalue weighted by atomic mass is 32.1. The van der Waals surface area contributed by atoms with Gasteiger partial charge < -0.3 is 15.0 Å². The molecule has 1 unspecified atom stereocenters. The average Bonchev–Trinajstić information content (AvgIpc) is 3.12. The van der Waals surface area contributed by atoms with Crippen molar-refractivity contribution in [2.24, 2.45) is 0 Å². The highest BCUT2D eigenvalue weighted by molar-refractivity contribution is 7.80. The molecule has 1 N–H and O–H groups in total. The normalized spacial score (nSPS) is 15.2. The molecule has 3 aromatic rings. The van der Waals surface area contributed by atoms with Gasteiger partial charge in [0.2, 0.25) is 5.91 Å². The Morgan fingerprint density at radius 2 is 1.58 bits per heavy atom. The van der Waals surface area contributed by atoms with Crippen LogP contribution in [0.15, 0.2) is 84.9 Å². The third-order valence-electron chi connectivity index (χ3n) is 5.88. The van der Waals surface area contributed by atoms with Gasteiger partial charge in [-0.25, -0.2) is 4.79 Å². The molecule has 0 saturated carbocycles. The van der Waals surface area contributed by atoms with Crippen molar-refractivity contribution >= 4 is 46.5 Å². The van der Waals surface area contributed by atoms with E-state index in [-0.39, 0.29) is 24.8 Å². The average molecular weight is 502 g/mol. The van der Waals surface area contributed by atoms with Gasteiger partial charge in [-0.15, -0.1) is 0 Å². The molecule has 1 saturated heterocycles. The van der Waals surface area contributed by atoms with Gasteiger partial charge >= 0.3 is 5.97 Å². The quantitative estimate of drug-likeness (QED) is 0.345. The summed E-state index contributed by atoms with van der Waals surface area (Å²) in [5.74, 6) is -0.970. The number of rotatable bonds is 9. The third kappa shape index (κ3) is 5.78. The molecule has 7 nitrogen and oxygen atoms in total. The van der Waals surface area contributed by atoms with Crippen molar-refractivity contribution in [3.05, 3.63) is 96.1 Å². The summed E-state index contributed by atoms with van der Waals surface area (Å²) >= 11 is 5.71. The van der Waals surface area contributed by atoms with Crippen LogP contribution in [0, 0.1) is 0 Å². The molecule has 0 spiro atoms. The first-order valence-electron chi connectivity index (χ1n) is 11.8. The smallest absolute Gasteiger partial charge is 0.338 e. The lowest BCUT2D eigenvalue weighted by atomic mass is 10.1. The lowest BCUT2D eigenvalue weighted by molar-refractivity contribution is -0.124. The molecule has 0 aromatic heterocycles. The molecule has 2 amide bonds. The number of anilines is 2. The maximum absolute atomic E-state index is 13.5. The monoisotopic (exact) mass is 501 g/mol. The molecular weight excluding hydrogens is 474 g/mol. The lowest BCUT2D eigenvalue weighted by Crippen LogP contribution is -2.39. The highest BCUT2D eigenvalue weighted by Gasteiger charge is 2.43. The van der Waals surface area contributed by atoms with E-state index in [1.165, 1.54) is 4.90 Å². The molecule has 1 fully saturated rings. The summed E-state index contributed by atoms with van der Waals surface area (Å²) in [6.07, 6.45) is 0.626. The van der Waals surface area contributed by atoms with Crippen LogP contribution < -0.4 is 10.2 Å². The molecule has 8 heteroatoms. The summed E-state index contributed by atoms with van der Waals surface area (Å²) in [6.45, 7) is 2.53. The van der Waals surface area contributed by atoms with Crippen molar-refractivity contribution in [2.75, 3.05) is 23.4 Å². The topological polar surface area (TPSA) is 78.9 Å². The minimum atomic E-state index is -0.722. The zero-order chi connectivity index (χ0) is 25.5. The molecule has 1 aliphatic rings. The molecule has 184 valence electrons. The van der Waals surface area contributed by atoms with Crippen LogP contribution in [0.4, 0.5) is 11.4 Å². The Morgan fingerprint density at radius 3 is 2.22 bits per heavy atom. The number of amides is 2. The van der Waals surface area contributed by atoms with E-state index >= 15 is 0 Å². The van der Waals surface area contributed by atoms with E-state index < -0.39 is 12.0 Å². The Labute approximate surface area is 215 Å². The lowest BCUT2D eigenvalue weighted by Gasteiger charge is -2.24. The van der Waals surface area contributed by atoms with Crippen molar-refractivity contribution in [3.63, 3.8) is 0 Å². The number of nitrogens with one attached hydrogen (secondary N) is 1. The molecule has 1 heterocycles. The molecule has 0 radical (unpaired) electrons. The van der Waals surface area contributed by atoms with E-state index in [1.54, 1.807) is 31.2 Å². The van der Waals surface area contributed by atoms with E-state index in [0.29, 0.717) is 35.0 Å². The molecule has 0 aliphatic carbocycles. The van der Waals surface area contributed by atoms with Crippen molar-refractivity contribution in [2.45, 2.75) is 25.8 Å². The summed E-state index contributed by atoms with van der Waals surface area (Å²) in [6, 6.07) is 24.9. The predicted octanol–water partition coefficient (Wildman–Crippen LogP) is 4.44. The van der Waals surface area contributed by atoms with E-state index in [2.05, 4.69) is 5.32 Å². The van der Waals surface area contributed by atoms with Crippen LogP contribution >= 0.6 is 12.2 Å². The van der Waals surface area contributed by atoms with Gasteiger partial charge in [-0.05, 0) is 67.5 Å². The van der Waals surface area contributed by atoms with E-state index in [9.17, 15) is 14.4 Å². The number of carbonyl (C=O) groups is 3. The molecule has 4 rings (SSSR count). The van der Waals surface area contributed by atoms with Crippen LogP contribution in [0.3, 0.4) is 0 Å². The van der Waals surface area contributed by atoms with Crippen molar-refractivity contribution in [1.82, 2.24) is 4.90 Å². The minimum absolute atomic E-state index is 0.0588. The van der Waals surface area contributed by atoms with Gasteiger partial charge in [0.05, 0.1) is 24.3 Å². The Morgan fingerprint density at radius 1 is 0.944 bits per heavy atom. The van der Waals surface area contributed by atoms with Crippen molar-refractivity contribution < 1.29 is 19.1 Å². The van der Waals surface area contributed by atoms with Crippen LogP contribution in [-0.4, -0.2) is 47.0 Å². The van der Waals surface area contributed by atoms with E-state index in [4.69, 9.17) is 17.0 Å². The number of hydrogen-bond acceptors (Lipinski definition) is 5. The number of carbonyl (C=O) groups excluding carboxylic acids is 3. The summed E-state index contributed by atoms with van der Waals surface area (Å²) in [5, 5.41) is 3.21. The van der Waals surface area contributed by atoms with Crippen molar-refractivity contribution in [3.8, 4) is 0 Å².